The van der Waals surface area contributed by atoms with E-state index in [1.54, 1.807) is 18.2 Å². The number of aromatic nitrogens is 2. The van der Waals surface area contributed by atoms with E-state index in [1.165, 1.54) is 19.2 Å². The van der Waals surface area contributed by atoms with E-state index in [4.69, 9.17) is 4.74 Å². The standard InChI is InChI=1S/C26H26N4O4S/c1-34-23-15-12-18(16-24(23)35(32,33)30-20-6-2-3-7-20)26(31)27-19-13-10-17(11-14-19)25-28-21-8-4-5-9-22(21)29-25/h4-5,8-16,20,30H,2-3,6-7H2,1H3,(H,27,31)(H,28,29). The molecular formula is C26H26N4O4S. The fourth-order valence-corrected chi connectivity index (χ4v) is 5.86. The van der Waals surface area contributed by atoms with Gasteiger partial charge in [0, 0.05) is 22.9 Å². The van der Waals surface area contributed by atoms with Gasteiger partial charge in [0.2, 0.25) is 10.0 Å². The molecule has 0 aliphatic heterocycles. The number of hydrogen-bond acceptors (Lipinski definition) is 5. The van der Waals surface area contributed by atoms with Crippen LogP contribution in [0.3, 0.4) is 0 Å². The molecule has 9 heteroatoms. The number of carbonyl (C=O) groups is 1. The minimum atomic E-state index is -3.83. The Hall–Kier alpha value is -3.69. The number of H-pyrrole nitrogens is 1. The van der Waals surface area contributed by atoms with Crippen LogP contribution < -0.4 is 14.8 Å². The number of para-hydroxylation sites is 2. The van der Waals surface area contributed by atoms with E-state index in [-0.39, 0.29) is 22.3 Å². The second-order valence-electron chi connectivity index (χ2n) is 8.60. The summed E-state index contributed by atoms with van der Waals surface area (Å²) < 4.78 is 34.0. The van der Waals surface area contributed by atoms with Crippen LogP contribution in [-0.2, 0) is 10.0 Å². The van der Waals surface area contributed by atoms with Crippen LogP contribution in [-0.4, -0.2) is 37.4 Å². The maximum atomic E-state index is 13.0. The quantitative estimate of drug-likeness (QED) is 0.347. The number of hydrogen-bond donors (Lipinski definition) is 3. The van der Waals surface area contributed by atoms with Crippen LogP contribution in [0.1, 0.15) is 36.0 Å². The van der Waals surface area contributed by atoms with Gasteiger partial charge < -0.3 is 15.0 Å². The van der Waals surface area contributed by atoms with E-state index in [2.05, 4.69) is 20.0 Å². The Bertz CT molecular complexity index is 1440. The highest BCUT2D eigenvalue weighted by Crippen LogP contribution is 2.28. The number of amides is 1. The molecule has 0 saturated heterocycles. The summed E-state index contributed by atoms with van der Waals surface area (Å²) >= 11 is 0. The molecule has 1 heterocycles. The van der Waals surface area contributed by atoms with Crippen molar-refractivity contribution in [3.63, 3.8) is 0 Å². The zero-order chi connectivity index (χ0) is 24.4. The SMILES string of the molecule is COc1ccc(C(=O)Nc2ccc(-c3nc4ccccc4[nH]3)cc2)cc1S(=O)(=O)NC1CCCC1. The number of sulfonamides is 1. The molecule has 1 fully saturated rings. The van der Waals surface area contributed by atoms with E-state index in [9.17, 15) is 13.2 Å². The van der Waals surface area contributed by atoms with Crippen molar-refractivity contribution in [3.8, 4) is 17.1 Å². The number of aromatic amines is 1. The van der Waals surface area contributed by atoms with E-state index in [0.717, 1.165) is 48.1 Å². The van der Waals surface area contributed by atoms with E-state index in [0.29, 0.717) is 5.69 Å². The first kappa shape index (κ1) is 23.1. The van der Waals surface area contributed by atoms with Gasteiger partial charge in [-0.1, -0.05) is 25.0 Å². The zero-order valence-electron chi connectivity index (χ0n) is 19.2. The Labute approximate surface area is 203 Å². The summed E-state index contributed by atoms with van der Waals surface area (Å²) in [7, 11) is -2.42. The highest BCUT2D eigenvalue weighted by atomic mass is 32.2. The van der Waals surface area contributed by atoms with Gasteiger partial charge in [0.1, 0.15) is 16.5 Å². The lowest BCUT2D eigenvalue weighted by Crippen LogP contribution is -2.33. The highest BCUT2D eigenvalue weighted by Gasteiger charge is 2.26. The van der Waals surface area contributed by atoms with E-state index >= 15 is 0 Å². The molecule has 180 valence electrons. The van der Waals surface area contributed by atoms with Gasteiger partial charge in [0.25, 0.3) is 5.91 Å². The summed E-state index contributed by atoms with van der Waals surface area (Å²) in [6, 6.07) is 19.4. The van der Waals surface area contributed by atoms with Gasteiger partial charge in [-0.15, -0.1) is 0 Å². The predicted molar refractivity (Wildman–Crippen MR) is 135 cm³/mol. The van der Waals surface area contributed by atoms with Gasteiger partial charge in [-0.05, 0) is 67.4 Å². The van der Waals surface area contributed by atoms with Crippen molar-refractivity contribution in [3.05, 3.63) is 72.3 Å². The van der Waals surface area contributed by atoms with Crippen LogP contribution >= 0.6 is 0 Å². The molecule has 1 aliphatic carbocycles. The largest absolute Gasteiger partial charge is 0.495 e. The minimum absolute atomic E-state index is 0.0419. The fraction of sp³-hybridized carbons (Fsp3) is 0.231. The van der Waals surface area contributed by atoms with Crippen molar-refractivity contribution in [1.29, 1.82) is 0 Å². The molecule has 0 atom stereocenters. The molecule has 1 amide bonds. The number of methoxy groups -OCH3 is 1. The third-order valence-electron chi connectivity index (χ3n) is 6.20. The third kappa shape index (κ3) is 4.91. The first-order valence-electron chi connectivity index (χ1n) is 11.5. The van der Waals surface area contributed by atoms with Crippen molar-refractivity contribution in [2.24, 2.45) is 0 Å². The van der Waals surface area contributed by atoms with Crippen LogP contribution in [0.25, 0.3) is 22.4 Å². The highest BCUT2D eigenvalue weighted by molar-refractivity contribution is 7.89. The van der Waals surface area contributed by atoms with Crippen molar-refractivity contribution >= 4 is 32.7 Å². The number of anilines is 1. The second kappa shape index (κ2) is 9.52. The van der Waals surface area contributed by atoms with Crippen molar-refractivity contribution < 1.29 is 17.9 Å². The summed E-state index contributed by atoms with van der Waals surface area (Å²) in [6.45, 7) is 0. The normalized spacial score (nSPS) is 14.3. The van der Waals surface area contributed by atoms with Crippen molar-refractivity contribution in [2.75, 3.05) is 12.4 Å². The molecule has 5 rings (SSSR count). The van der Waals surface area contributed by atoms with Crippen LogP contribution in [0.15, 0.2) is 71.6 Å². The van der Waals surface area contributed by atoms with Gasteiger partial charge in [-0.3, -0.25) is 4.79 Å². The summed E-state index contributed by atoms with van der Waals surface area (Å²) in [5.74, 6) is 0.521. The summed E-state index contributed by atoms with van der Waals surface area (Å²) in [5, 5.41) is 2.83. The Morgan fingerprint density at radius 3 is 2.49 bits per heavy atom. The second-order valence-corrected chi connectivity index (χ2v) is 10.3. The van der Waals surface area contributed by atoms with Crippen LogP contribution in [0, 0.1) is 0 Å². The zero-order valence-corrected chi connectivity index (χ0v) is 20.1. The Morgan fingerprint density at radius 1 is 1.03 bits per heavy atom. The minimum Gasteiger partial charge on any atom is -0.495 e. The van der Waals surface area contributed by atoms with Crippen LogP contribution in [0.2, 0.25) is 0 Å². The maximum absolute atomic E-state index is 13.0. The molecule has 35 heavy (non-hydrogen) atoms. The number of fused-ring (bicyclic) bond motifs is 1. The van der Waals surface area contributed by atoms with Gasteiger partial charge in [0.15, 0.2) is 0 Å². The smallest absolute Gasteiger partial charge is 0.255 e. The molecule has 0 spiro atoms. The average Bonchev–Trinajstić information content (AvgIpc) is 3.53. The molecule has 1 aliphatic rings. The van der Waals surface area contributed by atoms with Gasteiger partial charge in [-0.2, -0.15) is 0 Å². The first-order chi connectivity index (χ1) is 16.9. The number of imidazole rings is 1. The lowest BCUT2D eigenvalue weighted by molar-refractivity contribution is 0.102. The molecule has 4 aromatic rings. The molecule has 1 aromatic heterocycles. The summed E-state index contributed by atoms with van der Waals surface area (Å²) in [6.07, 6.45) is 3.63. The summed E-state index contributed by atoms with van der Waals surface area (Å²) in [4.78, 5) is 20.8. The topological polar surface area (TPSA) is 113 Å². The molecule has 0 unspecified atom stereocenters. The molecular weight excluding hydrogens is 464 g/mol. The number of benzene rings is 3. The predicted octanol–water partition coefficient (Wildman–Crippen LogP) is 4.71. The van der Waals surface area contributed by atoms with Gasteiger partial charge >= 0.3 is 0 Å². The summed E-state index contributed by atoms with van der Waals surface area (Å²) in [5.41, 5.74) is 3.52. The Kier molecular flexibility index (Phi) is 6.27. The van der Waals surface area contributed by atoms with Crippen LogP contribution in [0.4, 0.5) is 5.69 Å². The van der Waals surface area contributed by atoms with Crippen LogP contribution in [0.5, 0.6) is 5.75 Å². The van der Waals surface area contributed by atoms with Gasteiger partial charge in [0.05, 0.1) is 18.1 Å². The van der Waals surface area contributed by atoms with E-state index in [1.807, 2.05) is 36.4 Å². The Morgan fingerprint density at radius 2 is 1.77 bits per heavy atom. The maximum Gasteiger partial charge on any atom is 0.255 e. The Balaban J connectivity index is 1.34. The van der Waals surface area contributed by atoms with Crippen molar-refractivity contribution in [2.45, 2.75) is 36.6 Å². The fourth-order valence-electron chi connectivity index (χ4n) is 4.36. The van der Waals surface area contributed by atoms with Gasteiger partial charge in [-0.25, -0.2) is 18.1 Å². The number of nitrogens with one attached hydrogen (secondary N) is 3. The number of rotatable bonds is 7. The van der Waals surface area contributed by atoms with Crippen molar-refractivity contribution in [1.82, 2.24) is 14.7 Å². The third-order valence-corrected chi connectivity index (χ3v) is 7.74. The molecule has 8 nitrogen and oxygen atoms in total. The molecule has 3 N–H and O–H groups in total. The lowest BCUT2D eigenvalue weighted by Gasteiger charge is -2.16. The number of carbonyl (C=O) groups excluding carboxylic acids is 1. The lowest BCUT2D eigenvalue weighted by atomic mass is 10.1. The molecule has 0 radical (unpaired) electrons. The number of ether oxygens (including phenoxy) is 1. The number of nitrogens with zero attached hydrogens (tertiary/aromatic N) is 1. The molecule has 0 bridgehead atoms. The average molecular weight is 491 g/mol. The monoisotopic (exact) mass is 490 g/mol. The first-order valence-corrected chi connectivity index (χ1v) is 13.0. The molecule has 3 aromatic carbocycles. The molecule has 1 saturated carbocycles. The van der Waals surface area contributed by atoms with E-state index < -0.39 is 15.9 Å².